The summed E-state index contributed by atoms with van der Waals surface area (Å²) in [5.74, 6) is -0.000678. The van der Waals surface area contributed by atoms with Gasteiger partial charge >= 0.3 is 0 Å². The number of amides is 1. The monoisotopic (exact) mass is 593 g/mol. The van der Waals surface area contributed by atoms with Crippen molar-refractivity contribution in [3.05, 3.63) is 92.9 Å². The van der Waals surface area contributed by atoms with E-state index in [1.54, 1.807) is 35.7 Å². The Kier molecular flexibility index (Phi) is 8.53. The number of nitrogens with zero attached hydrogens (tertiary/aromatic N) is 3. The number of thiophene rings is 1. The maximum Gasteiger partial charge on any atom is 0.296 e. The highest BCUT2D eigenvalue weighted by Gasteiger charge is 2.46. The number of ketones is 1. The van der Waals surface area contributed by atoms with Gasteiger partial charge in [-0.25, -0.2) is 0 Å². The normalized spacial score (nSPS) is 15.1. The zero-order valence-corrected chi connectivity index (χ0v) is 24.6. The molecule has 0 fully saturated rings. The molecule has 0 bridgehead atoms. The average molecular weight is 594 g/mol. The number of rotatable bonds is 11. The third-order valence-corrected chi connectivity index (χ3v) is 9.16. The Labute approximate surface area is 244 Å². The summed E-state index contributed by atoms with van der Waals surface area (Å²) in [7, 11) is 0. The lowest BCUT2D eigenvalue weighted by Gasteiger charge is -2.25. The number of aromatic nitrogens is 2. The zero-order valence-electron chi connectivity index (χ0n) is 22.1. The first-order valence-corrected chi connectivity index (χ1v) is 15.4. The zero-order chi connectivity index (χ0) is 28.2. The number of thioether (sulfide) groups is 1. The molecule has 0 radical (unpaired) electrons. The molecule has 1 aliphatic heterocycles. The molecule has 11 heteroatoms. The number of carbonyl (C=O) groups excluding carboxylic acids is 2. The van der Waals surface area contributed by atoms with Gasteiger partial charge in [-0.15, -0.1) is 21.5 Å². The van der Waals surface area contributed by atoms with Gasteiger partial charge < -0.3 is 14.6 Å². The van der Waals surface area contributed by atoms with Gasteiger partial charge in [0.1, 0.15) is 0 Å². The summed E-state index contributed by atoms with van der Waals surface area (Å²) in [6.07, 6.45) is 0. The van der Waals surface area contributed by atoms with Crippen LogP contribution in [-0.2, 0) is 10.5 Å². The quantitative estimate of drug-likeness (QED) is 0.115. The number of aliphatic hydroxyl groups excluding tert-OH is 1. The summed E-state index contributed by atoms with van der Waals surface area (Å²) < 4.78 is 12.2. The van der Waals surface area contributed by atoms with Crippen molar-refractivity contribution in [2.24, 2.45) is 0 Å². The number of hydrogen-bond acceptors (Lipinski definition) is 10. The molecule has 0 spiro atoms. The Morgan fingerprint density at radius 2 is 1.80 bits per heavy atom. The van der Waals surface area contributed by atoms with Crippen molar-refractivity contribution >= 4 is 51.3 Å². The third-order valence-electron chi connectivity index (χ3n) is 6.17. The molecule has 2 aromatic carbocycles. The molecule has 206 valence electrons. The van der Waals surface area contributed by atoms with Crippen LogP contribution in [0.3, 0.4) is 0 Å². The second-order valence-corrected chi connectivity index (χ2v) is 12.0. The van der Waals surface area contributed by atoms with Crippen LogP contribution in [0.5, 0.6) is 11.5 Å². The van der Waals surface area contributed by atoms with Crippen molar-refractivity contribution in [3.63, 3.8) is 0 Å². The lowest BCUT2D eigenvalue weighted by atomic mass is 9.95. The van der Waals surface area contributed by atoms with Gasteiger partial charge in [0.15, 0.2) is 21.6 Å². The van der Waals surface area contributed by atoms with Gasteiger partial charge in [-0.1, -0.05) is 65.1 Å². The molecule has 1 unspecified atom stereocenters. The standard InChI is InChI=1S/C29H27N3O5S3/c1-4-36-20-13-12-19(15-21(20)37-5-2)24-23(25(33)22-7-6-14-38-22)26(34)27(35)32(24)28-30-31-29(40-28)39-16-18-10-8-17(3)9-11-18/h6-15,24,34H,4-5,16H2,1-3H3. The van der Waals surface area contributed by atoms with E-state index in [9.17, 15) is 14.7 Å². The maximum absolute atomic E-state index is 13.6. The van der Waals surface area contributed by atoms with Crippen LogP contribution in [-0.4, -0.2) is 40.2 Å². The summed E-state index contributed by atoms with van der Waals surface area (Å²) in [6, 6.07) is 16.0. The van der Waals surface area contributed by atoms with E-state index in [4.69, 9.17) is 9.47 Å². The molecule has 0 saturated carbocycles. The number of aryl methyl sites for hydroxylation is 1. The van der Waals surface area contributed by atoms with Crippen LogP contribution in [0.25, 0.3) is 0 Å². The molecule has 3 heterocycles. The lowest BCUT2D eigenvalue weighted by Crippen LogP contribution is -2.31. The van der Waals surface area contributed by atoms with Crippen LogP contribution in [0.1, 0.15) is 46.3 Å². The Balaban J connectivity index is 1.52. The first-order valence-electron chi connectivity index (χ1n) is 12.7. The van der Waals surface area contributed by atoms with E-state index in [1.807, 2.05) is 20.8 Å². The SMILES string of the molecule is CCOc1ccc(C2C(C(=O)c3cccs3)=C(O)C(=O)N2c2nnc(SCc3ccc(C)cc3)s2)cc1OCC. The first kappa shape index (κ1) is 27.9. The predicted molar refractivity (Wildman–Crippen MR) is 158 cm³/mol. The highest BCUT2D eigenvalue weighted by molar-refractivity contribution is 8.00. The van der Waals surface area contributed by atoms with Gasteiger partial charge in [0.05, 0.1) is 29.7 Å². The molecular weight excluding hydrogens is 567 g/mol. The fraction of sp³-hybridized carbons (Fsp3) is 0.241. The van der Waals surface area contributed by atoms with Crippen LogP contribution in [0, 0.1) is 6.92 Å². The van der Waals surface area contributed by atoms with Crippen molar-refractivity contribution < 1.29 is 24.2 Å². The van der Waals surface area contributed by atoms with Gasteiger partial charge in [-0.2, -0.15) is 0 Å². The fourth-order valence-corrected chi connectivity index (χ4v) is 6.82. The maximum atomic E-state index is 13.6. The summed E-state index contributed by atoms with van der Waals surface area (Å²) in [4.78, 5) is 28.9. The van der Waals surface area contributed by atoms with Crippen LogP contribution in [0.2, 0.25) is 0 Å². The van der Waals surface area contributed by atoms with Crippen LogP contribution < -0.4 is 14.4 Å². The van der Waals surface area contributed by atoms with Crippen LogP contribution in [0.15, 0.2) is 75.6 Å². The number of hydrogen-bond donors (Lipinski definition) is 1. The summed E-state index contributed by atoms with van der Waals surface area (Å²) in [6.45, 7) is 6.63. The number of benzene rings is 2. The Bertz CT molecular complexity index is 1550. The smallest absolute Gasteiger partial charge is 0.296 e. The van der Waals surface area contributed by atoms with E-state index >= 15 is 0 Å². The minimum Gasteiger partial charge on any atom is -0.503 e. The number of anilines is 1. The van der Waals surface area contributed by atoms with Crippen molar-refractivity contribution in [2.45, 2.75) is 36.9 Å². The largest absolute Gasteiger partial charge is 0.503 e. The molecule has 1 N–H and O–H groups in total. The van der Waals surface area contributed by atoms with Gasteiger partial charge in [-0.05, 0) is 55.5 Å². The molecule has 0 saturated heterocycles. The minimum atomic E-state index is -0.931. The molecule has 1 atom stereocenters. The molecule has 8 nitrogen and oxygen atoms in total. The van der Waals surface area contributed by atoms with E-state index in [2.05, 4.69) is 34.5 Å². The number of ether oxygens (including phenoxy) is 2. The molecule has 4 aromatic rings. The van der Waals surface area contributed by atoms with E-state index in [1.165, 1.54) is 44.9 Å². The van der Waals surface area contributed by atoms with E-state index in [-0.39, 0.29) is 10.7 Å². The molecule has 5 rings (SSSR count). The summed E-state index contributed by atoms with van der Waals surface area (Å²) in [5, 5.41) is 21.7. The Morgan fingerprint density at radius 3 is 2.50 bits per heavy atom. The molecule has 1 aliphatic rings. The average Bonchev–Trinajstić information content (AvgIpc) is 3.70. The number of Topliss-reactive ketones (excluding diaryl/α,β-unsaturated/α-hetero) is 1. The third kappa shape index (κ3) is 5.63. The summed E-state index contributed by atoms with van der Waals surface area (Å²) >= 11 is 3.99. The van der Waals surface area contributed by atoms with Gasteiger partial charge in [0, 0.05) is 5.75 Å². The molecule has 40 heavy (non-hydrogen) atoms. The molecular formula is C29H27N3O5S3. The van der Waals surface area contributed by atoms with Crippen molar-refractivity contribution in [3.8, 4) is 11.5 Å². The Hall–Kier alpha value is -3.67. The topological polar surface area (TPSA) is 102 Å². The van der Waals surface area contributed by atoms with Crippen molar-refractivity contribution in [1.82, 2.24) is 10.2 Å². The fourth-order valence-electron chi connectivity index (χ4n) is 4.32. The molecule has 2 aromatic heterocycles. The van der Waals surface area contributed by atoms with Gasteiger partial charge in [0.2, 0.25) is 10.9 Å². The van der Waals surface area contributed by atoms with Crippen LogP contribution >= 0.6 is 34.4 Å². The molecule has 1 amide bonds. The van der Waals surface area contributed by atoms with E-state index in [0.717, 1.165) is 5.56 Å². The van der Waals surface area contributed by atoms with E-state index < -0.39 is 23.5 Å². The van der Waals surface area contributed by atoms with E-state index in [0.29, 0.717) is 45.2 Å². The minimum absolute atomic E-state index is 0.0110. The predicted octanol–water partition coefficient (Wildman–Crippen LogP) is 6.78. The number of aliphatic hydroxyl groups is 1. The van der Waals surface area contributed by atoms with Gasteiger partial charge in [0.25, 0.3) is 5.91 Å². The summed E-state index contributed by atoms with van der Waals surface area (Å²) in [5.41, 5.74) is 2.90. The number of carbonyl (C=O) groups is 2. The second kappa shape index (κ2) is 12.2. The first-order chi connectivity index (χ1) is 19.4. The Morgan fingerprint density at radius 1 is 1.05 bits per heavy atom. The van der Waals surface area contributed by atoms with Crippen molar-refractivity contribution in [2.75, 3.05) is 18.1 Å². The highest BCUT2D eigenvalue weighted by Crippen LogP contribution is 2.45. The van der Waals surface area contributed by atoms with Crippen molar-refractivity contribution in [1.29, 1.82) is 0 Å². The van der Waals surface area contributed by atoms with Gasteiger partial charge in [-0.3, -0.25) is 14.5 Å². The molecule has 0 aliphatic carbocycles. The lowest BCUT2D eigenvalue weighted by molar-refractivity contribution is -0.117. The highest BCUT2D eigenvalue weighted by atomic mass is 32.2. The second-order valence-electron chi connectivity index (χ2n) is 8.84. The van der Waals surface area contributed by atoms with Crippen LogP contribution in [0.4, 0.5) is 5.13 Å².